The van der Waals surface area contributed by atoms with Crippen molar-refractivity contribution in [2.45, 2.75) is 13.3 Å². The molecule has 90 valence electrons. The highest BCUT2D eigenvalue weighted by atomic mass is 16.2. The Labute approximate surface area is 99.8 Å². The lowest BCUT2D eigenvalue weighted by atomic mass is 10.2. The molecule has 1 saturated heterocycles. The van der Waals surface area contributed by atoms with Crippen LogP contribution in [-0.4, -0.2) is 25.0 Å². The molecule has 0 atom stereocenters. The van der Waals surface area contributed by atoms with Crippen molar-refractivity contribution in [2.24, 2.45) is 0 Å². The SMILES string of the molecule is CC(=O)Nc1ccc(N2CCCNC2=O)cc1. The molecule has 3 amide bonds. The largest absolute Gasteiger partial charge is 0.338 e. The maximum Gasteiger partial charge on any atom is 0.321 e. The molecule has 0 saturated carbocycles. The van der Waals surface area contributed by atoms with Crippen LogP contribution in [0.15, 0.2) is 24.3 Å². The zero-order valence-corrected chi connectivity index (χ0v) is 9.69. The second-order valence-corrected chi connectivity index (χ2v) is 3.97. The number of nitrogens with zero attached hydrogens (tertiary/aromatic N) is 1. The molecule has 0 aromatic heterocycles. The first kappa shape index (κ1) is 11.4. The number of amides is 3. The van der Waals surface area contributed by atoms with E-state index in [9.17, 15) is 9.59 Å². The number of carbonyl (C=O) groups is 2. The van der Waals surface area contributed by atoms with Crippen molar-refractivity contribution in [1.29, 1.82) is 0 Å². The molecular weight excluding hydrogens is 218 g/mol. The second-order valence-electron chi connectivity index (χ2n) is 3.97. The number of benzene rings is 1. The summed E-state index contributed by atoms with van der Waals surface area (Å²) in [5.41, 5.74) is 1.58. The van der Waals surface area contributed by atoms with Crippen LogP contribution in [0.3, 0.4) is 0 Å². The summed E-state index contributed by atoms with van der Waals surface area (Å²) in [5, 5.41) is 5.48. The molecule has 1 fully saturated rings. The van der Waals surface area contributed by atoms with E-state index in [1.165, 1.54) is 6.92 Å². The number of urea groups is 1. The minimum atomic E-state index is -0.103. The highest BCUT2D eigenvalue weighted by Gasteiger charge is 2.18. The molecule has 1 heterocycles. The van der Waals surface area contributed by atoms with Gasteiger partial charge in [-0.2, -0.15) is 0 Å². The van der Waals surface area contributed by atoms with Gasteiger partial charge >= 0.3 is 6.03 Å². The molecule has 1 aromatic carbocycles. The zero-order valence-electron chi connectivity index (χ0n) is 9.69. The lowest BCUT2D eigenvalue weighted by Gasteiger charge is -2.27. The monoisotopic (exact) mass is 233 g/mol. The van der Waals surface area contributed by atoms with Crippen LogP contribution >= 0.6 is 0 Å². The van der Waals surface area contributed by atoms with Crippen molar-refractivity contribution in [3.8, 4) is 0 Å². The van der Waals surface area contributed by atoms with E-state index in [2.05, 4.69) is 10.6 Å². The summed E-state index contributed by atoms with van der Waals surface area (Å²) in [6.45, 7) is 2.93. The third-order valence-corrected chi connectivity index (χ3v) is 2.58. The van der Waals surface area contributed by atoms with Crippen molar-refractivity contribution in [3.05, 3.63) is 24.3 Å². The number of nitrogens with one attached hydrogen (secondary N) is 2. The molecular formula is C12H15N3O2. The van der Waals surface area contributed by atoms with Gasteiger partial charge in [0.2, 0.25) is 5.91 Å². The van der Waals surface area contributed by atoms with Gasteiger partial charge in [-0.3, -0.25) is 9.69 Å². The van der Waals surface area contributed by atoms with E-state index in [0.29, 0.717) is 0 Å². The summed E-state index contributed by atoms with van der Waals surface area (Å²) >= 11 is 0. The summed E-state index contributed by atoms with van der Waals surface area (Å²) in [7, 11) is 0. The summed E-state index contributed by atoms with van der Waals surface area (Å²) in [6, 6.07) is 7.17. The lowest BCUT2D eigenvalue weighted by molar-refractivity contribution is -0.114. The predicted octanol–water partition coefficient (Wildman–Crippen LogP) is 1.56. The van der Waals surface area contributed by atoms with Gasteiger partial charge in [-0.25, -0.2) is 4.79 Å². The fourth-order valence-corrected chi connectivity index (χ4v) is 1.80. The van der Waals surface area contributed by atoms with Crippen molar-refractivity contribution >= 4 is 23.3 Å². The first-order valence-corrected chi connectivity index (χ1v) is 5.60. The van der Waals surface area contributed by atoms with E-state index in [4.69, 9.17) is 0 Å². The molecule has 17 heavy (non-hydrogen) atoms. The quantitative estimate of drug-likeness (QED) is 0.814. The van der Waals surface area contributed by atoms with Crippen LogP contribution in [0.4, 0.5) is 16.2 Å². The Balaban J connectivity index is 2.11. The fourth-order valence-electron chi connectivity index (χ4n) is 1.80. The topological polar surface area (TPSA) is 61.4 Å². The number of carbonyl (C=O) groups excluding carboxylic acids is 2. The standard InChI is InChI=1S/C12H15N3O2/c1-9(16)14-10-3-5-11(6-4-10)15-8-2-7-13-12(15)17/h3-6H,2,7-8H2,1H3,(H,13,17)(H,14,16). The third-order valence-electron chi connectivity index (χ3n) is 2.58. The van der Waals surface area contributed by atoms with Gasteiger partial charge < -0.3 is 10.6 Å². The Morgan fingerprint density at radius 1 is 1.35 bits per heavy atom. The van der Waals surface area contributed by atoms with Crippen molar-refractivity contribution in [1.82, 2.24) is 5.32 Å². The summed E-state index contributed by atoms with van der Waals surface area (Å²) in [4.78, 5) is 24.2. The van der Waals surface area contributed by atoms with Gasteiger partial charge in [-0.15, -0.1) is 0 Å². The third kappa shape index (κ3) is 2.75. The minimum absolute atomic E-state index is 0.0662. The van der Waals surface area contributed by atoms with Crippen LogP contribution in [0.1, 0.15) is 13.3 Å². The number of anilines is 2. The van der Waals surface area contributed by atoms with Gasteiger partial charge in [0.15, 0.2) is 0 Å². The molecule has 1 aromatic rings. The van der Waals surface area contributed by atoms with Crippen LogP contribution in [0, 0.1) is 0 Å². The fraction of sp³-hybridized carbons (Fsp3) is 0.333. The summed E-state index contributed by atoms with van der Waals surface area (Å²) in [6.07, 6.45) is 0.944. The molecule has 0 bridgehead atoms. The number of hydrogen-bond donors (Lipinski definition) is 2. The molecule has 1 aliphatic heterocycles. The second kappa shape index (κ2) is 4.86. The van der Waals surface area contributed by atoms with E-state index in [1.54, 1.807) is 17.0 Å². The summed E-state index contributed by atoms with van der Waals surface area (Å²) in [5.74, 6) is -0.103. The maximum atomic E-state index is 11.6. The van der Waals surface area contributed by atoms with Crippen LogP contribution in [-0.2, 0) is 4.79 Å². The number of hydrogen-bond acceptors (Lipinski definition) is 2. The highest BCUT2D eigenvalue weighted by molar-refractivity contribution is 5.93. The molecule has 2 N–H and O–H groups in total. The Hall–Kier alpha value is -2.04. The Kier molecular flexibility index (Phi) is 3.27. The van der Waals surface area contributed by atoms with Gasteiger partial charge in [-0.1, -0.05) is 0 Å². The van der Waals surface area contributed by atoms with Gasteiger partial charge in [0.1, 0.15) is 0 Å². The molecule has 0 aliphatic carbocycles. The number of rotatable bonds is 2. The predicted molar refractivity (Wildman–Crippen MR) is 66.1 cm³/mol. The van der Waals surface area contributed by atoms with Crippen LogP contribution < -0.4 is 15.5 Å². The summed E-state index contributed by atoms with van der Waals surface area (Å²) < 4.78 is 0. The van der Waals surface area contributed by atoms with E-state index >= 15 is 0 Å². The van der Waals surface area contributed by atoms with Crippen LogP contribution in [0.2, 0.25) is 0 Å². The minimum Gasteiger partial charge on any atom is -0.338 e. The van der Waals surface area contributed by atoms with Crippen molar-refractivity contribution in [2.75, 3.05) is 23.3 Å². The maximum absolute atomic E-state index is 11.6. The van der Waals surface area contributed by atoms with Gasteiger partial charge in [-0.05, 0) is 30.7 Å². The molecule has 1 aliphatic rings. The Bertz CT molecular complexity index is 428. The molecule has 0 unspecified atom stereocenters. The highest BCUT2D eigenvalue weighted by Crippen LogP contribution is 2.19. The zero-order chi connectivity index (χ0) is 12.3. The molecule has 0 spiro atoms. The average molecular weight is 233 g/mol. The average Bonchev–Trinajstić information content (AvgIpc) is 2.30. The smallest absolute Gasteiger partial charge is 0.321 e. The lowest BCUT2D eigenvalue weighted by Crippen LogP contribution is -2.46. The first-order chi connectivity index (χ1) is 8.16. The van der Waals surface area contributed by atoms with E-state index in [0.717, 1.165) is 30.9 Å². The van der Waals surface area contributed by atoms with Gasteiger partial charge in [0.25, 0.3) is 0 Å². The first-order valence-electron chi connectivity index (χ1n) is 5.60. The van der Waals surface area contributed by atoms with Gasteiger partial charge in [0, 0.05) is 31.4 Å². The molecule has 5 heteroatoms. The Morgan fingerprint density at radius 2 is 2.06 bits per heavy atom. The van der Waals surface area contributed by atoms with Crippen LogP contribution in [0.5, 0.6) is 0 Å². The van der Waals surface area contributed by atoms with Crippen LogP contribution in [0.25, 0.3) is 0 Å². The van der Waals surface area contributed by atoms with Crippen molar-refractivity contribution in [3.63, 3.8) is 0 Å². The molecule has 5 nitrogen and oxygen atoms in total. The molecule has 0 radical (unpaired) electrons. The van der Waals surface area contributed by atoms with Crippen molar-refractivity contribution < 1.29 is 9.59 Å². The van der Waals surface area contributed by atoms with E-state index in [-0.39, 0.29) is 11.9 Å². The van der Waals surface area contributed by atoms with E-state index < -0.39 is 0 Å². The van der Waals surface area contributed by atoms with E-state index in [1.807, 2.05) is 12.1 Å². The molecule has 2 rings (SSSR count). The Morgan fingerprint density at radius 3 is 2.65 bits per heavy atom. The van der Waals surface area contributed by atoms with Gasteiger partial charge in [0.05, 0.1) is 0 Å². The normalized spacial score (nSPS) is 15.4.